The number of methoxy groups -OCH3 is 1. The highest BCUT2D eigenvalue weighted by atomic mass is 32.2. The molecular formula is C16H21FN2O5S. The highest BCUT2D eigenvalue weighted by Crippen LogP contribution is 2.24. The minimum absolute atomic E-state index is 0.0115. The lowest BCUT2D eigenvalue weighted by Crippen LogP contribution is -2.36. The van der Waals surface area contributed by atoms with Gasteiger partial charge in [0.15, 0.2) is 0 Å². The summed E-state index contributed by atoms with van der Waals surface area (Å²) in [4.78, 5) is 22.6. The number of halogens is 1. The Balaban J connectivity index is 2.16. The molecule has 0 atom stereocenters. The molecule has 1 aromatic rings. The SMILES string of the molecule is COC(=O)CCNC(=O)c1ccc(F)c(S(=O)(=O)N2CCCCC2)c1. The molecule has 9 heteroatoms. The van der Waals surface area contributed by atoms with Gasteiger partial charge in [-0.3, -0.25) is 9.59 Å². The van der Waals surface area contributed by atoms with E-state index in [1.54, 1.807) is 0 Å². The molecule has 1 aliphatic heterocycles. The molecule has 138 valence electrons. The fourth-order valence-electron chi connectivity index (χ4n) is 2.57. The average Bonchev–Trinajstić information content (AvgIpc) is 2.62. The third-order valence-electron chi connectivity index (χ3n) is 3.97. The van der Waals surface area contributed by atoms with E-state index < -0.39 is 32.6 Å². The molecule has 2 rings (SSSR count). The van der Waals surface area contributed by atoms with Crippen LogP contribution in [0.1, 0.15) is 36.0 Å². The van der Waals surface area contributed by atoms with Crippen LogP contribution in [0.3, 0.4) is 0 Å². The van der Waals surface area contributed by atoms with Gasteiger partial charge in [-0.05, 0) is 31.0 Å². The highest BCUT2D eigenvalue weighted by Gasteiger charge is 2.29. The van der Waals surface area contributed by atoms with Crippen molar-refractivity contribution in [2.45, 2.75) is 30.6 Å². The first kappa shape index (κ1) is 19.3. The van der Waals surface area contributed by atoms with E-state index in [4.69, 9.17) is 0 Å². The van der Waals surface area contributed by atoms with Gasteiger partial charge in [0, 0.05) is 25.2 Å². The maximum Gasteiger partial charge on any atom is 0.307 e. The molecule has 1 fully saturated rings. The van der Waals surface area contributed by atoms with Crippen LogP contribution in [0.2, 0.25) is 0 Å². The largest absolute Gasteiger partial charge is 0.469 e. The number of carbonyl (C=O) groups is 2. The van der Waals surface area contributed by atoms with Crippen molar-refractivity contribution in [3.8, 4) is 0 Å². The van der Waals surface area contributed by atoms with Crippen molar-refractivity contribution in [2.75, 3.05) is 26.7 Å². The van der Waals surface area contributed by atoms with Crippen molar-refractivity contribution in [2.24, 2.45) is 0 Å². The first-order chi connectivity index (χ1) is 11.9. The van der Waals surface area contributed by atoms with Gasteiger partial charge in [-0.2, -0.15) is 4.31 Å². The first-order valence-electron chi connectivity index (χ1n) is 8.01. The lowest BCUT2D eigenvalue weighted by molar-refractivity contribution is -0.140. The van der Waals surface area contributed by atoms with Crippen molar-refractivity contribution in [1.82, 2.24) is 9.62 Å². The Kier molecular flexibility index (Phi) is 6.49. The van der Waals surface area contributed by atoms with Gasteiger partial charge in [0.05, 0.1) is 13.5 Å². The first-order valence-corrected chi connectivity index (χ1v) is 9.45. The van der Waals surface area contributed by atoms with Crippen LogP contribution in [0.15, 0.2) is 23.1 Å². The van der Waals surface area contributed by atoms with Crippen LogP contribution in [0.25, 0.3) is 0 Å². The molecule has 0 spiro atoms. The minimum Gasteiger partial charge on any atom is -0.469 e. The lowest BCUT2D eigenvalue weighted by atomic mass is 10.2. The molecule has 0 radical (unpaired) electrons. The quantitative estimate of drug-likeness (QED) is 0.760. The number of amides is 1. The Morgan fingerprint density at radius 2 is 1.92 bits per heavy atom. The molecule has 1 saturated heterocycles. The minimum atomic E-state index is -3.98. The van der Waals surface area contributed by atoms with Gasteiger partial charge in [-0.25, -0.2) is 12.8 Å². The van der Waals surface area contributed by atoms with E-state index >= 15 is 0 Å². The van der Waals surface area contributed by atoms with Crippen LogP contribution < -0.4 is 5.32 Å². The number of piperidine rings is 1. The van der Waals surface area contributed by atoms with Gasteiger partial charge in [0.25, 0.3) is 5.91 Å². The maximum atomic E-state index is 14.1. The molecule has 0 aromatic heterocycles. The number of sulfonamides is 1. The number of nitrogens with zero attached hydrogens (tertiary/aromatic N) is 1. The van der Waals surface area contributed by atoms with Crippen molar-refractivity contribution in [3.05, 3.63) is 29.6 Å². The number of ether oxygens (including phenoxy) is 1. The maximum absolute atomic E-state index is 14.1. The summed E-state index contributed by atoms with van der Waals surface area (Å²) >= 11 is 0. The average molecular weight is 372 g/mol. The summed E-state index contributed by atoms with van der Waals surface area (Å²) in [5, 5.41) is 2.47. The van der Waals surface area contributed by atoms with Crippen molar-refractivity contribution >= 4 is 21.9 Å². The van der Waals surface area contributed by atoms with E-state index in [9.17, 15) is 22.4 Å². The molecule has 7 nitrogen and oxygen atoms in total. The van der Waals surface area contributed by atoms with E-state index in [2.05, 4.69) is 10.1 Å². The molecule has 0 unspecified atom stereocenters. The summed E-state index contributed by atoms with van der Waals surface area (Å²) in [6.07, 6.45) is 2.39. The zero-order valence-corrected chi connectivity index (χ0v) is 14.8. The van der Waals surface area contributed by atoms with E-state index in [1.165, 1.54) is 17.5 Å². The lowest BCUT2D eigenvalue weighted by Gasteiger charge is -2.26. The smallest absolute Gasteiger partial charge is 0.307 e. The number of hydrogen-bond donors (Lipinski definition) is 1. The van der Waals surface area contributed by atoms with Crippen molar-refractivity contribution < 1.29 is 27.1 Å². The fraction of sp³-hybridized carbons (Fsp3) is 0.500. The van der Waals surface area contributed by atoms with E-state index in [1.807, 2.05) is 0 Å². The Bertz CT molecular complexity index is 745. The number of rotatable bonds is 6. The zero-order valence-electron chi connectivity index (χ0n) is 14.0. The van der Waals surface area contributed by atoms with Gasteiger partial charge in [0.2, 0.25) is 10.0 Å². The standard InChI is InChI=1S/C16H21FN2O5S/c1-24-15(20)7-8-18-16(21)12-5-6-13(17)14(11-12)25(22,23)19-9-3-2-4-10-19/h5-6,11H,2-4,7-10H2,1H3,(H,18,21). The zero-order chi connectivity index (χ0) is 18.4. The predicted octanol–water partition coefficient (Wildman–Crippen LogP) is 1.29. The Labute approximate surface area is 146 Å². The Hall–Kier alpha value is -2.00. The second-order valence-electron chi connectivity index (χ2n) is 5.69. The fourth-order valence-corrected chi connectivity index (χ4v) is 4.18. The molecule has 1 amide bonds. The second kappa shape index (κ2) is 8.39. The Morgan fingerprint density at radius 3 is 2.56 bits per heavy atom. The van der Waals surface area contributed by atoms with Crippen LogP contribution in [0.5, 0.6) is 0 Å². The summed E-state index contributed by atoms with van der Waals surface area (Å²) in [6, 6.07) is 3.21. The van der Waals surface area contributed by atoms with Crippen LogP contribution in [-0.2, 0) is 19.6 Å². The van der Waals surface area contributed by atoms with Gasteiger partial charge >= 0.3 is 5.97 Å². The summed E-state index contributed by atoms with van der Waals surface area (Å²) in [5.74, 6) is -1.96. The van der Waals surface area contributed by atoms with Crippen LogP contribution >= 0.6 is 0 Å². The molecule has 25 heavy (non-hydrogen) atoms. The topological polar surface area (TPSA) is 92.8 Å². The van der Waals surface area contributed by atoms with Crippen LogP contribution in [0, 0.1) is 5.82 Å². The van der Waals surface area contributed by atoms with Gasteiger partial charge in [0.1, 0.15) is 10.7 Å². The van der Waals surface area contributed by atoms with Crippen molar-refractivity contribution in [1.29, 1.82) is 0 Å². The van der Waals surface area contributed by atoms with E-state index in [0.29, 0.717) is 13.1 Å². The third kappa shape index (κ3) is 4.76. The molecule has 1 N–H and O–H groups in total. The molecule has 1 aliphatic rings. The highest BCUT2D eigenvalue weighted by molar-refractivity contribution is 7.89. The summed E-state index contributed by atoms with van der Waals surface area (Å²) in [6.45, 7) is 0.728. The van der Waals surface area contributed by atoms with Gasteiger partial charge in [-0.1, -0.05) is 6.42 Å². The van der Waals surface area contributed by atoms with Crippen LogP contribution in [0.4, 0.5) is 4.39 Å². The summed E-state index contributed by atoms with van der Waals surface area (Å²) in [7, 11) is -2.74. The van der Waals surface area contributed by atoms with E-state index in [-0.39, 0.29) is 18.5 Å². The molecule has 0 bridgehead atoms. The number of esters is 1. The predicted molar refractivity (Wildman–Crippen MR) is 88.0 cm³/mol. The monoisotopic (exact) mass is 372 g/mol. The second-order valence-corrected chi connectivity index (χ2v) is 7.60. The summed E-state index contributed by atoms with van der Waals surface area (Å²) in [5.41, 5.74) is 0.0156. The molecule has 0 aliphatic carbocycles. The van der Waals surface area contributed by atoms with Gasteiger partial charge in [-0.15, -0.1) is 0 Å². The number of hydrogen-bond acceptors (Lipinski definition) is 5. The number of nitrogens with one attached hydrogen (secondary N) is 1. The number of benzene rings is 1. The molecular weight excluding hydrogens is 351 g/mol. The molecule has 1 aromatic carbocycles. The molecule has 1 heterocycles. The summed E-state index contributed by atoms with van der Waals surface area (Å²) < 4.78 is 45.0. The van der Waals surface area contributed by atoms with Crippen molar-refractivity contribution in [3.63, 3.8) is 0 Å². The van der Waals surface area contributed by atoms with Crippen LogP contribution in [-0.4, -0.2) is 51.3 Å². The number of carbonyl (C=O) groups excluding carboxylic acids is 2. The normalized spacial score (nSPS) is 15.6. The molecule has 0 saturated carbocycles. The van der Waals surface area contributed by atoms with E-state index in [0.717, 1.165) is 31.4 Å². The Morgan fingerprint density at radius 1 is 1.24 bits per heavy atom. The third-order valence-corrected chi connectivity index (χ3v) is 5.88. The van der Waals surface area contributed by atoms with Gasteiger partial charge < -0.3 is 10.1 Å².